The van der Waals surface area contributed by atoms with E-state index in [1.165, 1.54) is 29.3 Å². The number of thioether (sulfide) groups is 1. The van der Waals surface area contributed by atoms with E-state index in [1.807, 2.05) is 45.0 Å². The van der Waals surface area contributed by atoms with Crippen molar-refractivity contribution in [3.63, 3.8) is 0 Å². The number of nitrogens with zero attached hydrogens (tertiary/aromatic N) is 1. The van der Waals surface area contributed by atoms with Crippen molar-refractivity contribution < 1.29 is 14.3 Å². The Hall–Kier alpha value is -1.49. The van der Waals surface area contributed by atoms with Crippen LogP contribution in [0.3, 0.4) is 0 Å². The van der Waals surface area contributed by atoms with Gasteiger partial charge in [-0.3, -0.25) is 9.59 Å². The third kappa shape index (κ3) is 5.25. The van der Waals surface area contributed by atoms with Crippen LogP contribution < -0.4 is 0 Å². The summed E-state index contributed by atoms with van der Waals surface area (Å²) < 4.78 is 4.62. The number of hydrogen-bond acceptors (Lipinski definition) is 4. The van der Waals surface area contributed by atoms with Gasteiger partial charge in [0.05, 0.1) is 12.9 Å². The maximum atomic E-state index is 12.2. The van der Waals surface area contributed by atoms with Gasteiger partial charge in [0.1, 0.15) is 6.54 Å². The van der Waals surface area contributed by atoms with E-state index >= 15 is 0 Å². The Kier molecular flexibility index (Phi) is 6.58. The predicted molar refractivity (Wildman–Crippen MR) is 80.8 cm³/mol. The van der Waals surface area contributed by atoms with Crippen LogP contribution in [0.2, 0.25) is 0 Å². The zero-order valence-corrected chi connectivity index (χ0v) is 13.2. The lowest BCUT2D eigenvalue weighted by molar-refractivity contribution is -0.147. The van der Waals surface area contributed by atoms with Crippen LogP contribution in [0.5, 0.6) is 0 Å². The maximum absolute atomic E-state index is 12.2. The molecular formula is C15H21NO3S. The van der Waals surface area contributed by atoms with Gasteiger partial charge in [0, 0.05) is 10.9 Å². The normalized spacial score (nSPS) is 10.4. The Morgan fingerprint density at radius 3 is 2.35 bits per heavy atom. The lowest BCUT2D eigenvalue weighted by Crippen LogP contribution is -2.42. The van der Waals surface area contributed by atoms with Crippen molar-refractivity contribution in [2.45, 2.75) is 31.7 Å². The molecule has 1 aromatic rings. The molecule has 0 bridgehead atoms. The van der Waals surface area contributed by atoms with Crippen molar-refractivity contribution in [1.82, 2.24) is 4.90 Å². The fraction of sp³-hybridized carbons (Fsp3) is 0.467. The van der Waals surface area contributed by atoms with Crippen LogP contribution in [0.25, 0.3) is 0 Å². The topological polar surface area (TPSA) is 46.6 Å². The second-order valence-corrected chi connectivity index (χ2v) is 5.84. The van der Waals surface area contributed by atoms with Crippen LogP contribution in [-0.2, 0) is 14.3 Å². The van der Waals surface area contributed by atoms with Gasteiger partial charge >= 0.3 is 5.97 Å². The van der Waals surface area contributed by atoms with E-state index in [9.17, 15) is 9.59 Å². The van der Waals surface area contributed by atoms with E-state index in [-0.39, 0.29) is 18.5 Å². The second kappa shape index (κ2) is 7.94. The van der Waals surface area contributed by atoms with Gasteiger partial charge in [0.2, 0.25) is 5.91 Å². The molecule has 0 spiro atoms. The largest absolute Gasteiger partial charge is 0.468 e. The van der Waals surface area contributed by atoms with Crippen molar-refractivity contribution >= 4 is 23.6 Å². The van der Waals surface area contributed by atoms with Crippen LogP contribution in [0.4, 0.5) is 0 Å². The van der Waals surface area contributed by atoms with Gasteiger partial charge in [-0.15, -0.1) is 11.8 Å². The van der Waals surface area contributed by atoms with Crippen molar-refractivity contribution in [2.75, 3.05) is 19.4 Å². The quantitative estimate of drug-likeness (QED) is 0.597. The lowest BCUT2D eigenvalue weighted by atomic mass is 10.2. The van der Waals surface area contributed by atoms with Gasteiger partial charge in [0.25, 0.3) is 0 Å². The molecule has 20 heavy (non-hydrogen) atoms. The van der Waals surface area contributed by atoms with E-state index < -0.39 is 5.97 Å². The highest BCUT2D eigenvalue weighted by atomic mass is 32.2. The molecule has 1 amide bonds. The molecule has 0 aliphatic heterocycles. The maximum Gasteiger partial charge on any atom is 0.325 e. The average molecular weight is 295 g/mol. The molecule has 110 valence electrons. The number of benzene rings is 1. The van der Waals surface area contributed by atoms with Gasteiger partial charge in [-0.1, -0.05) is 17.7 Å². The third-order valence-corrected chi connectivity index (χ3v) is 3.85. The molecular weight excluding hydrogens is 274 g/mol. The van der Waals surface area contributed by atoms with Crippen LogP contribution in [-0.4, -0.2) is 42.2 Å². The molecule has 0 saturated carbocycles. The average Bonchev–Trinajstić information content (AvgIpc) is 2.43. The molecule has 0 aliphatic rings. The SMILES string of the molecule is COC(=O)CN(C(=O)CSc1ccc(C)cc1)C(C)C. The third-order valence-electron chi connectivity index (χ3n) is 2.85. The Morgan fingerprint density at radius 1 is 1.25 bits per heavy atom. The lowest BCUT2D eigenvalue weighted by Gasteiger charge is -2.25. The molecule has 0 saturated heterocycles. The van der Waals surface area contributed by atoms with E-state index in [2.05, 4.69) is 4.74 Å². The highest BCUT2D eigenvalue weighted by Crippen LogP contribution is 2.19. The van der Waals surface area contributed by atoms with Crippen LogP contribution in [0.1, 0.15) is 19.4 Å². The smallest absolute Gasteiger partial charge is 0.325 e. The number of amides is 1. The fourth-order valence-corrected chi connectivity index (χ4v) is 2.41. The summed E-state index contributed by atoms with van der Waals surface area (Å²) in [5, 5.41) is 0. The minimum Gasteiger partial charge on any atom is -0.468 e. The summed E-state index contributed by atoms with van der Waals surface area (Å²) in [6.45, 7) is 5.80. The molecule has 0 N–H and O–H groups in total. The first-order valence-electron chi connectivity index (χ1n) is 6.49. The van der Waals surface area contributed by atoms with Gasteiger partial charge in [0.15, 0.2) is 0 Å². The number of carbonyl (C=O) groups is 2. The first-order chi connectivity index (χ1) is 9.43. The number of aryl methyl sites for hydroxylation is 1. The molecule has 1 aromatic carbocycles. The number of ether oxygens (including phenoxy) is 1. The van der Waals surface area contributed by atoms with Crippen LogP contribution in [0, 0.1) is 6.92 Å². The number of esters is 1. The van der Waals surface area contributed by atoms with Gasteiger partial charge in [-0.25, -0.2) is 0 Å². The van der Waals surface area contributed by atoms with E-state index in [0.717, 1.165) is 4.90 Å². The Morgan fingerprint density at radius 2 is 1.85 bits per heavy atom. The minimum atomic E-state index is -0.396. The summed E-state index contributed by atoms with van der Waals surface area (Å²) in [4.78, 5) is 26.1. The van der Waals surface area contributed by atoms with Crippen molar-refractivity contribution in [3.8, 4) is 0 Å². The standard InChI is InChI=1S/C15H21NO3S/c1-11(2)16(9-15(18)19-4)14(17)10-20-13-7-5-12(3)6-8-13/h5-8,11H,9-10H2,1-4H3. The van der Waals surface area contributed by atoms with Gasteiger partial charge in [-0.05, 0) is 32.9 Å². The minimum absolute atomic E-state index is 0.00145. The van der Waals surface area contributed by atoms with E-state index in [0.29, 0.717) is 5.75 Å². The van der Waals surface area contributed by atoms with Gasteiger partial charge in [-0.2, -0.15) is 0 Å². The van der Waals surface area contributed by atoms with Crippen LogP contribution >= 0.6 is 11.8 Å². The highest BCUT2D eigenvalue weighted by Gasteiger charge is 2.20. The first-order valence-corrected chi connectivity index (χ1v) is 7.48. The number of hydrogen-bond donors (Lipinski definition) is 0. The number of carbonyl (C=O) groups excluding carboxylic acids is 2. The Bertz CT molecular complexity index is 457. The molecule has 0 heterocycles. The molecule has 0 radical (unpaired) electrons. The monoisotopic (exact) mass is 295 g/mol. The summed E-state index contributed by atoms with van der Waals surface area (Å²) in [6, 6.07) is 7.99. The van der Waals surface area contributed by atoms with Gasteiger partial charge < -0.3 is 9.64 Å². The Labute approximate surface area is 124 Å². The summed E-state index contributed by atoms with van der Waals surface area (Å²) in [7, 11) is 1.33. The predicted octanol–water partition coefficient (Wildman–Crippen LogP) is 2.50. The van der Waals surface area contributed by atoms with E-state index in [1.54, 1.807) is 0 Å². The molecule has 0 aliphatic carbocycles. The highest BCUT2D eigenvalue weighted by molar-refractivity contribution is 8.00. The molecule has 0 unspecified atom stereocenters. The molecule has 1 rings (SSSR count). The Balaban J connectivity index is 2.57. The molecule has 0 aromatic heterocycles. The molecule has 4 nitrogen and oxygen atoms in total. The van der Waals surface area contributed by atoms with Crippen molar-refractivity contribution in [2.24, 2.45) is 0 Å². The zero-order valence-electron chi connectivity index (χ0n) is 12.4. The number of methoxy groups -OCH3 is 1. The molecule has 0 atom stereocenters. The summed E-state index contributed by atoms with van der Waals surface area (Å²) in [5.41, 5.74) is 1.19. The zero-order chi connectivity index (χ0) is 15.1. The molecule has 5 heteroatoms. The van der Waals surface area contributed by atoms with Crippen molar-refractivity contribution in [3.05, 3.63) is 29.8 Å². The summed E-state index contributed by atoms with van der Waals surface area (Å²) in [5.74, 6) is -0.138. The van der Waals surface area contributed by atoms with E-state index in [4.69, 9.17) is 0 Å². The summed E-state index contributed by atoms with van der Waals surface area (Å²) in [6.07, 6.45) is 0. The summed E-state index contributed by atoms with van der Waals surface area (Å²) >= 11 is 1.47. The van der Waals surface area contributed by atoms with Crippen LogP contribution in [0.15, 0.2) is 29.2 Å². The first kappa shape index (κ1) is 16.6. The molecule has 0 fully saturated rings. The number of rotatable bonds is 6. The fourth-order valence-electron chi connectivity index (χ4n) is 1.62. The van der Waals surface area contributed by atoms with Crippen molar-refractivity contribution in [1.29, 1.82) is 0 Å². The second-order valence-electron chi connectivity index (χ2n) is 4.79.